The van der Waals surface area contributed by atoms with Gasteiger partial charge in [0.05, 0.1) is 12.1 Å². The van der Waals surface area contributed by atoms with Crippen molar-refractivity contribution in [3.05, 3.63) is 34.6 Å². The highest BCUT2D eigenvalue weighted by atomic mass is 35.5. The zero-order valence-electron chi connectivity index (χ0n) is 8.57. The lowest BCUT2D eigenvalue weighted by Crippen LogP contribution is -2.33. The van der Waals surface area contributed by atoms with E-state index in [1.165, 1.54) is 19.2 Å². The normalized spacial score (nSPS) is 11.5. The molecule has 0 aromatic heterocycles. The summed E-state index contributed by atoms with van der Waals surface area (Å²) in [6, 6.07) is 3.52. The molecule has 0 aliphatic heterocycles. The lowest BCUT2D eigenvalue weighted by Gasteiger charge is -2.09. The molecular weight excluding hydrogens is 256 g/mol. The highest BCUT2D eigenvalue weighted by Gasteiger charge is 2.14. The van der Waals surface area contributed by atoms with Gasteiger partial charge in [-0.2, -0.15) is 0 Å². The third-order valence-corrected chi connectivity index (χ3v) is 2.25. The van der Waals surface area contributed by atoms with Crippen molar-refractivity contribution in [2.24, 2.45) is 5.73 Å². The summed E-state index contributed by atoms with van der Waals surface area (Å²) in [5.74, 6) is -1.04. The van der Waals surface area contributed by atoms with Crippen LogP contribution >= 0.6 is 24.0 Å². The van der Waals surface area contributed by atoms with Gasteiger partial charge >= 0.3 is 5.97 Å². The second-order valence-corrected chi connectivity index (χ2v) is 3.49. The lowest BCUT2D eigenvalue weighted by molar-refractivity contribution is -0.142. The molecule has 0 bridgehead atoms. The summed E-state index contributed by atoms with van der Waals surface area (Å²) in [6.45, 7) is 0. The standard InChI is InChI=1S/C10H11ClFNO2.ClH/c1-15-10(14)9(13)5-6-2-3-7(11)8(12)4-6;/h2-4,9H,5,13H2,1H3;1H/t9-;/m0./s1. The first-order valence-electron chi connectivity index (χ1n) is 4.32. The van der Waals surface area contributed by atoms with Crippen molar-refractivity contribution in [2.45, 2.75) is 12.5 Å². The summed E-state index contributed by atoms with van der Waals surface area (Å²) in [6.07, 6.45) is 0.223. The van der Waals surface area contributed by atoms with E-state index in [4.69, 9.17) is 17.3 Å². The van der Waals surface area contributed by atoms with E-state index < -0.39 is 17.8 Å². The van der Waals surface area contributed by atoms with Crippen LogP contribution in [0.25, 0.3) is 0 Å². The minimum Gasteiger partial charge on any atom is -0.468 e. The molecule has 0 fully saturated rings. The Balaban J connectivity index is 0.00000225. The van der Waals surface area contributed by atoms with Crippen molar-refractivity contribution < 1.29 is 13.9 Å². The highest BCUT2D eigenvalue weighted by molar-refractivity contribution is 6.30. The van der Waals surface area contributed by atoms with E-state index in [9.17, 15) is 9.18 Å². The predicted octanol–water partition coefficient (Wildman–Crippen LogP) is 1.94. The van der Waals surface area contributed by atoms with E-state index in [1.807, 2.05) is 0 Å². The molecule has 0 radical (unpaired) electrons. The van der Waals surface area contributed by atoms with Gasteiger partial charge in [0.1, 0.15) is 11.9 Å². The number of methoxy groups -OCH3 is 1. The number of rotatable bonds is 3. The average Bonchev–Trinajstić information content (AvgIpc) is 2.22. The molecule has 1 aromatic carbocycles. The molecule has 0 saturated carbocycles. The SMILES string of the molecule is COC(=O)[C@@H](N)Cc1ccc(Cl)c(F)c1.Cl. The third-order valence-electron chi connectivity index (χ3n) is 1.94. The molecule has 6 heteroatoms. The van der Waals surface area contributed by atoms with Crippen LogP contribution in [0.4, 0.5) is 4.39 Å². The summed E-state index contributed by atoms with van der Waals surface area (Å²) < 4.78 is 17.5. The molecular formula is C10H12Cl2FNO2. The first kappa shape index (κ1) is 15.2. The molecule has 1 atom stereocenters. The zero-order chi connectivity index (χ0) is 11.4. The molecule has 0 spiro atoms. The Morgan fingerprint density at radius 1 is 1.62 bits per heavy atom. The Bertz CT molecular complexity index is 374. The quantitative estimate of drug-likeness (QED) is 0.852. The smallest absolute Gasteiger partial charge is 0.322 e. The molecule has 1 aromatic rings. The number of hydrogen-bond acceptors (Lipinski definition) is 3. The number of esters is 1. The Kier molecular flexibility index (Phi) is 6.33. The van der Waals surface area contributed by atoms with Crippen LogP contribution in [0.5, 0.6) is 0 Å². The minimum atomic E-state index is -0.782. The van der Waals surface area contributed by atoms with Crippen molar-refractivity contribution in [2.75, 3.05) is 7.11 Å². The van der Waals surface area contributed by atoms with Gasteiger partial charge in [-0.3, -0.25) is 4.79 Å². The van der Waals surface area contributed by atoms with Gasteiger partial charge in [-0.05, 0) is 24.1 Å². The molecule has 0 amide bonds. The minimum absolute atomic E-state index is 0. The molecule has 0 aliphatic carbocycles. The van der Waals surface area contributed by atoms with Crippen molar-refractivity contribution in [1.29, 1.82) is 0 Å². The third kappa shape index (κ3) is 3.96. The molecule has 0 saturated heterocycles. The number of nitrogens with two attached hydrogens (primary N) is 1. The second kappa shape index (κ2) is 6.68. The monoisotopic (exact) mass is 267 g/mol. The van der Waals surface area contributed by atoms with Gasteiger partial charge in [0.25, 0.3) is 0 Å². The van der Waals surface area contributed by atoms with E-state index in [-0.39, 0.29) is 23.9 Å². The number of carbonyl (C=O) groups is 1. The summed E-state index contributed by atoms with van der Waals surface area (Å²) in [7, 11) is 1.25. The van der Waals surface area contributed by atoms with Crippen LogP contribution in [-0.4, -0.2) is 19.1 Å². The maximum Gasteiger partial charge on any atom is 0.322 e. The van der Waals surface area contributed by atoms with Gasteiger partial charge in [-0.1, -0.05) is 17.7 Å². The number of benzene rings is 1. The summed E-state index contributed by atoms with van der Waals surface area (Å²) in [5, 5.41) is 0.0467. The van der Waals surface area contributed by atoms with Gasteiger partial charge in [0.15, 0.2) is 0 Å². The van der Waals surface area contributed by atoms with Crippen LogP contribution < -0.4 is 5.73 Å². The van der Waals surface area contributed by atoms with Crippen LogP contribution in [-0.2, 0) is 16.0 Å². The van der Waals surface area contributed by atoms with E-state index in [0.717, 1.165) is 0 Å². The maximum atomic E-state index is 13.0. The Morgan fingerprint density at radius 2 is 2.25 bits per heavy atom. The zero-order valence-corrected chi connectivity index (χ0v) is 10.1. The molecule has 0 heterocycles. The molecule has 16 heavy (non-hydrogen) atoms. The van der Waals surface area contributed by atoms with Gasteiger partial charge < -0.3 is 10.5 Å². The van der Waals surface area contributed by atoms with Gasteiger partial charge in [-0.15, -0.1) is 12.4 Å². The van der Waals surface area contributed by atoms with Crippen molar-refractivity contribution in [3.63, 3.8) is 0 Å². The van der Waals surface area contributed by atoms with Crippen molar-refractivity contribution in [1.82, 2.24) is 0 Å². The molecule has 3 nitrogen and oxygen atoms in total. The largest absolute Gasteiger partial charge is 0.468 e. The topological polar surface area (TPSA) is 52.3 Å². The number of carbonyl (C=O) groups excluding carboxylic acids is 1. The Morgan fingerprint density at radius 3 is 2.75 bits per heavy atom. The summed E-state index contributed by atoms with van der Waals surface area (Å²) in [5.41, 5.74) is 6.12. The first-order chi connectivity index (χ1) is 7.04. The van der Waals surface area contributed by atoms with E-state index in [1.54, 1.807) is 6.07 Å². The van der Waals surface area contributed by atoms with Crippen molar-refractivity contribution >= 4 is 30.0 Å². The van der Waals surface area contributed by atoms with Crippen LogP contribution in [0.2, 0.25) is 5.02 Å². The Labute approximate surface area is 104 Å². The van der Waals surface area contributed by atoms with Crippen LogP contribution in [0.15, 0.2) is 18.2 Å². The van der Waals surface area contributed by atoms with E-state index >= 15 is 0 Å². The molecule has 0 unspecified atom stereocenters. The highest BCUT2D eigenvalue weighted by Crippen LogP contribution is 2.16. The van der Waals surface area contributed by atoms with Gasteiger partial charge in [-0.25, -0.2) is 4.39 Å². The maximum absolute atomic E-state index is 13.0. The number of halogens is 3. The van der Waals surface area contributed by atoms with E-state index in [2.05, 4.69) is 4.74 Å². The second-order valence-electron chi connectivity index (χ2n) is 3.08. The number of ether oxygens (including phenoxy) is 1. The summed E-state index contributed by atoms with van der Waals surface area (Å²) in [4.78, 5) is 11.0. The average molecular weight is 268 g/mol. The van der Waals surface area contributed by atoms with Crippen molar-refractivity contribution in [3.8, 4) is 0 Å². The van der Waals surface area contributed by atoms with Gasteiger partial charge in [0, 0.05) is 0 Å². The van der Waals surface area contributed by atoms with Gasteiger partial charge in [0.2, 0.25) is 0 Å². The summed E-state index contributed by atoms with van der Waals surface area (Å²) >= 11 is 5.51. The predicted molar refractivity (Wildman–Crippen MR) is 62.4 cm³/mol. The molecule has 0 aliphatic rings. The van der Waals surface area contributed by atoms with E-state index in [0.29, 0.717) is 5.56 Å². The molecule has 90 valence electrons. The van der Waals surface area contributed by atoms with Crippen LogP contribution in [0.1, 0.15) is 5.56 Å². The number of hydrogen-bond donors (Lipinski definition) is 1. The lowest BCUT2D eigenvalue weighted by atomic mass is 10.1. The van der Waals surface area contributed by atoms with Crippen LogP contribution in [0, 0.1) is 5.82 Å². The fourth-order valence-corrected chi connectivity index (χ4v) is 1.27. The molecule has 1 rings (SSSR count). The fraction of sp³-hybridized carbons (Fsp3) is 0.300. The van der Waals surface area contributed by atoms with Crippen LogP contribution in [0.3, 0.4) is 0 Å². The molecule has 2 N–H and O–H groups in total. The fourth-order valence-electron chi connectivity index (χ4n) is 1.16. The first-order valence-corrected chi connectivity index (χ1v) is 4.69. The Hall–Kier alpha value is -0.840.